The molecular weight excluding hydrogens is 501 g/mol. The zero-order valence-corrected chi connectivity index (χ0v) is 19.9. The predicted molar refractivity (Wildman–Crippen MR) is 130 cm³/mol. The van der Waals surface area contributed by atoms with Crippen LogP contribution in [-0.4, -0.2) is 15.9 Å². The minimum absolute atomic E-state index is 0.0567. The average molecular weight is 519 g/mol. The minimum atomic E-state index is -0.228. The molecule has 0 saturated carbocycles. The number of hydrogen-bond acceptors (Lipinski definition) is 4. The van der Waals surface area contributed by atoms with Crippen molar-refractivity contribution in [2.24, 2.45) is 5.10 Å². The first-order chi connectivity index (χ1) is 14.9. The third-order valence-corrected chi connectivity index (χ3v) is 6.25. The van der Waals surface area contributed by atoms with Crippen molar-refractivity contribution in [3.05, 3.63) is 85.0 Å². The Morgan fingerprint density at radius 1 is 1.16 bits per heavy atom. The van der Waals surface area contributed by atoms with Crippen LogP contribution in [0.3, 0.4) is 0 Å². The summed E-state index contributed by atoms with van der Waals surface area (Å²) in [6, 6.07) is 14.3. The molecule has 0 aliphatic heterocycles. The highest BCUT2D eigenvalue weighted by Crippen LogP contribution is 2.29. The first-order valence-corrected chi connectivity index (χ1v) is 11.2. The third kappa shape index (κ3) is 4.47. The third-order valence-electron chi connectivity index (χ3n) is 5.02. The topological polar surface area (TPSA) is 60.4 Å². The normalized spacial score (nSPS) is 12.7. The number of nitrogens with zero attached hydrogens (tertiary/aromatic N) is 3. The number of aromatic nitrogens is 2. The van der Waals surface area contributed by atoms with Gasteiger partial charge in [-0.15, -0.1) is 0 Å². The van der Waals surface area contributed by atoms with Gasteiger partial charge in [0.2, 0.25) is 0 Å². The van der Waals surface area contributed by atoms with Crippen LogP contribution in [-0.2, 0) is 0 Å². The highest BCUT2D eigenvalue weighted by atomic mass is 79.9. The van der Waals surface area contributed by atoms with Crippen LogP contribution in [0.2, 0.25) is 10.0 Å². The van der Waals surface area contributed by atoms with Gasteiger partial charge in [0.15, 0.2) is 0 Å². The Morgan fingerprint density at radius 2 is 1.97 bits per heavy atom. The molecule has 2 heterocycles. The summed E-state index contributed by atoms with van der Waals surface area (Å²) in [5.41, 5.74) is 1.22. The lowest BCUT2D eigenvalue weighted by Crippen LogP contribution is -2.23. The van der Waals surface area contributed by atoms with Gasteiger partial charge in [0.05, 0.1) is 27.2 Å². The minimum Gasteiger partial charge on any atom is -0.455 e. The molecule has 1 atom stereocenters. The molecule has 0 radical (unpaired) electrons. The van der Waals surface area contributed by atoms with Gasteiger partial charge in [0.1, 0.15) is 17.3 Å². The Kier molecular flexibility index (Phi) is 6.32. The van der Waals surface area contributed by atoms with E-state index in [0.717, 1.165) is 16.5 Å². The number of benzene rings is 2. The molecule has 0 spiro atoms. The van der Waals surface area contributed by atoms with E-state index >= 15 is 0 Å². The summed E-state index contributed by atoms with van der Waals surface area (Å²) < 4.78 is 8.02. The van der Waals surface area contributed by atoms with Crippen LogP contribution in [0.25, 0.3) is 22.2 Å². The van der Waals surface area contributed by atoms with Crippen LogP contribution in [0.4, 0.5) is 0 Å². The molecule has 4 aromatic rings. The van der Waals surface area contributed by atoms with Crippen molar-refractivity contribution in [2.75, 3.05) is 0 Å². The first-order valence-electron chi connectivity index (χ1n) is 9.69. The fourth-order valence-corrected chi connectivity index (χ4v) is 3.78. The van der Waals surface area contributed by atoms with Gasteiger partial charge in [-0.2, -0.15) is 9.78 Å². The number of halogens is 3. The van der Waals surface area contributed by atoms with Crippen LogP contribution >= 0.6 is 39.1 Å². The van der Waals surface area contributed by atoms with E-state index in [1.165, 1.54) is 10.9 Å². The summed E-state index contributed by atoms with van der Waals surface area (Å²) in [6.07, 6.45) is 2.34. The van der Waals surface area contributed by atoms with Crippen LogP contribution in [0, 0.1) is 0 Å². The quantitative estimate of drug-likeness (QED) is 0.264. The number of fused-ring (bicyclic) bond motifs is 1. The molecule has 0 aliphatic carbocycles. The monoisotopic (exact) mass is 517 g/mol. The predicted octanol–water partition coefficient (Wildman–Crippen LogP) is 7.12. The fourth-order valence-electron chi connectivity index (χ4n) is 3.12. The summed E-state index contributed by atoms with van der Waals surface area (Å²) in [4.78, 5) is 17.9. The molecule has 0 aliphatic rings. The first kappa shape index (κ1) is 21.8. The lowest BCUT2D eigenvalue weighted by Gasteiger charge is -2.13. The average Bonchev–Trinajstić information content (AvgIpc) is 3.23. The van der Waals surface area contributed by atoms with Crippen molar-refractivity contribution in [1.29, 1.82) is 0 Å². The molecular formula is C23H18BrCl2N3O2. The Bertz CT molecular complexity index is 1360. The van der Waals surface area contributed by atoms with Crippen molar-refractivity contribution in [3.8, 4) is 11.3 Å². The summed E-state index contributed by atoms with van der Waals surface area (Å²) in [5.74, 6) is 1.78. The van der Waals surface area contributed by atoms with E-state index in [0.29, 0.717) is 38.3 Å². The van der Waals surface area contributed by atoms with Gasteiger partial charge in [0, 0.05) is 16.0 Å². The summed E-state index contributed by atoms with van der Waals surface area (Å²) in [6.45, 7) is 4.07. The largest absolute Gasteiger partial charge is 0.455 e. The lowest BCUT2D eigenvalue weighted by molar-refractivity contribution is 0.571. The van der Waals surface area contributed by atoms with Crippen LogP contribution < -0.4 is 5.56 Å². The van der Waals surface area contributed by atoms with E-state index in [4.69, 9.17) is 32.6 Å². The van der Waals surface area contributed by atoms with Gasteiger partial charge in [-0.1, -0.05) is 53.0 Å². The van der Waals surface area contributed by atoms with Gasteiger partial charge in [0.25, 0.3) is 5.56 Å². The molecule has 0 amide bonds. The molecule has 5 nitrogen and oxygen atoms in total. The molecule has 31 heavy (non-hydrogen) atoms. The van der Waals surface area contributed by atoms with Crippen molar-refractivity contribution in [3.63, 3.8) is 0 Å². The molecule has 0 N–H and O–H groups in total. The zero-order chi connectivity index (χ0) is 22.1. The second kappa shape index (κ2) is 8.99. The van der Waals surface area contributed by atoms with Crippen LogP contribution in [0.5, 0.6) is 0 Å². The number of rotatable bonds is 5. The van der Waals surface area contributed by atoms with E-state index in [9.17, 15) is 4.79 Å². The van der Waals surface area contributed by atoms with Crippen molar-refractivity contribution < 1.29 is 4.42 Å². The van der Waals surface area contributed by atoms with E-state index in [1.807, 2.05) is 38.1 Å². The van der Waals surface area contributed by atoms with E-state index in [1.54, 1.807) is 24.3 Å². The highest BCUT2D eigenvalue weighted by molar-refractivity contribution is 9.10. The molecule has 8 heteroatoms. The summed E-state index contributed by atoms with van der Waals surface area (Å²) >= 11 is 15.5. The Labute approximate surface area is 197 Å². The lowest BCUT2D eigenvalue weighted by atomic mass is 10.1. The van der Waals surface area contributed by atoms with Gasteiger partial charge in [-0.05, 0) is 55.0 Å². The number of furan rings is 1. The van der Waals surface area contributed by atoms with Crippen LogP contribution in [0.15, 0.2) is 67.3 Å². The molecule has 0 fully saturated rings. The van der Waals surface area contributed by atoms with E-state index in [-0.39, 0.29) is 11.5 Å². The number of hydrogen-bond donors (Lipinski definition) is 0. The summed E-state index contributed by atoms with van der Waals surface area (Å²) in [5, 5.41) is 5.84. The summed E-state index contributed by atoms with van der Waals surface area (Å²) in [7, 11) is 0. The Balaban J connectivity index is 1.75. The van der Waals surface area contributed by atoms with Crippen LogP contribution in [0.1, 0.15) is 37.8 Å². The van der Waals surface area contributed by atoms with Gasteiger partial charge in [-0.25, -0.2) is 4.98 Å². The highest BCUT2D eigenvalue weighted by Gasteiger charge is 2.16. The molecule has 2 aromatic heterocycles. The van der Waals surface area contributed by atoms with Crippen molar-refractivity contribution in [2.45, 2.75) is 26.2 Å². The Hall–Kier alpha value is -2.41. The molecule has 0 unspecified atom stereocenters. The van der Waals surface area contributed by atoms with Gasteiger partial charge >= 0.3 is 0 Å². The van der Waals surface area contributed by atoms with E-state index in [2.05, 4.69) is 21.0 Å². The molecule has 2 aromatic carbocycles. The maximum absolute atomic E-state index is 13.2. The second-order valence-electron chi connectivity index (χ2n) is 7.13. The molecule has 0 bridgehead atoms. The Morgan fingerprint density at radius 3 is 2.71 bits per heavy atom. The smallest absolute Gasteiger partial charge is 0.282 e. The second-order valence-corrected chi connectivity index (χ2v) is 8.86. The molecule has 158 valence electrons. The van der Waals surface area contributed by atoms with Crippen molar-refractivity contribution in [1.82, 2.24) is 9.66 Å². The SMILES string of the molecule is CC[C@@H](C)c1nc2ccc(Br)cc2c(=O)n1N=Cc1ccc(-c2ccc(Cl)c(Cl)c2)o1. The van der Waals surface area contributed by atoms with E-state index < -0.39 is 0 Å². The molecule has 4 rings (SSSR count). The van der Waals surface area contributed by atoms with Crippen molar-refractivity contribution >= 4 is 56.2 Å². The van der Waals surface area contributed by atoms with Gasteiger partial charge in [-0.3, -0.25) is 4.79 Å². The maximum atomic E-state index is 13.2. The standard InChI is InChI=1S/C23H18BrCl2N3O2/c1-3-13(2)22-28-20-8-5-15(24)11-17(20)23(30)29(22)27-12-16-6-9-21(31-16)14-4-7-18(25)19(26)10-14/h4-13H,3H2,1-2H3/t13-/m1/s1. The maximum Gasteiger partial charge on any atom is 0.282 e. The van der Waals surface area contributed by atoms with Gasteiger partial charge < -0.3 is 4.42 Å². The molecule has 0 saturated heterocycles. The fraction of sp³-hybridized carbons (Fsp3) is 0.174. The zero-order valence-electron chi connectivity index (χ0n) is 16.8.